The first-order chi connectivity index (χ1) is 12.9. The third kappa shape index (κ3) is 2.74. The molecule has 0 radical (unpaired) electrons. The van der Waals surface area contributed by atoms with E-state index in [0.29, 0.717) is 12.7 Å². The van der Waals surface area contributed by atoms with E-state index in [-0.39, 0.29) is 0 Å². The number of imidazole rings is 1. The van der Waals surface area contributed by atoms with Crippen LogP contribution in [0.25, 0.3) is 16.2 Å². The van der Waals surface area contributed by atoms with Crippen LogP contribution < -0.4 is 14.8 Å². The number of hydrogen-bond acceptors (Lipinski definition) is 7. The van der Waals surface area contributed by atoms with E-state index in [4.69, 9.17) is 9.47 Å². The normalized spacial score (nSPS) is 12.6. The topological polar surface area (TPSA) is 74.1 Å². The molecule has 8 heteroatoms. The van der Waals surface area contributed by atoms with Gasteiger partial charge in [-0.25, -0.2) is 9.97 Å². The van der Waals surface area contributed by atoms with Crippen molar-refractivity contribution < 1.29 is 9.47 Å². The summed E-state index contributed by atoms with van der Waals surface area (Å²) in [5, 5.41) is 6.50. The van der Waals surface area contributed by atoms with E-state index in [1.807, 2.05) is 34.3 Å². The van der Waals surface area contributed by atoms with Gasteiger partial charge in [-0.1, -0.05) is 6.07 Å². The third-order valence-electron chi connectivity index (χ3n) is 4.19. The molecule has 1 aromatic carbocycles. The molecule has 0 atom stereocenters. The quantitative estimate of drug-likeness (QED) is 0.585. The van der Waals surface area contributed by atoms with Gasteiger partial charge in [0.2, 0.25) is 12.7 Å². The molecule has 0 aliphatic carbocycles. The van der Waals surface area contributed by atoms with Gasteiger partial charge in [-0.15, -0.1) is 11.3 Å². The van der Waals surface area contributed by atoms with Crippen molar-refractivity contribution in [1.29, 1.82) is 0 Å². The van der Waals surface area contributed by atoms with Gasteiger partial charge in [0, 0.05) is 18.9 Å². The fourth-order valence-corrected chi connectivity index (χ4v) is 3.65. The zero-order chi connectivity index (χ0) is 17.3. The fraction of sp³-hybridized carbons (Fsp3) is 0.167. The van der Waals surface area contributed by atoms with E-state index in [2.05, 4.69) is 26.3 Å². The smallest absolute Gasteiger partial charge is 0.238 e. The highest BCUT2D eigenvalue weighted by Crippen LogP contribution is 2.32. The summed E-state index contributed by atoms with van der Waals surface area (Å²) < 4.78 is 12.6. The molecule has 5 rings (SSSR count). The number of ether oxygens (including phenoxy) is 2. The molecule has 0 unspecified atom stereocenters. The van der Waals surface area contributed by atoms with Crippen molar-refractivity contribution in [3.05, 3.63) is 53.9 Å². The van der Waals surface area contributed by atoms with Gasteiger partial charge in [-0.3, -0.25) is 4.57 Å². The maximum absolute atomic E-state index is 5.44. The number of rotatable bonds is 5. The Balaban J connectivity index is 1.36. The van der Waals surface area contributed by atoms with Gasteiger partial charge >= 0.3 is 0 Å². The second-order valence-electron chi connectivity index (χ2n) is 5.85. The number of aromatic nitrogens is 4. The summed E-state index contributed by atoms with van der Waals surface area (Å²) in [7, 11) is 0. The highest BCUT2D eigenvalue weighted by Gasteiger charge is 2.13. The van der Waals surface area contributed by atoms with E-state index < -0.39 is 0 Å². The van der Waals surface area contributed by atoms with E-state index in [9.17, 15) is 0 Å². The summed E-state index contributed by atoms with van der Waals surface area (Å²) >= 11 is 1.60. The van der Waals surface area contributed by atoms with Crippen LogP contribution in [0.15, 0.2) is 48.4 Å². The second-order valence-corrected chi connectivity index (χ2v) is 6.74. The zero-order valence-corrected chi connectivity index (χ0v) is 14.6. The van der Waals surface area contributed by atoms with Gasteiger partial charge in [-0.2, -0.15) is 4.98 Å². The minimum Gasteiger partial charge on any atom is -0.454 e. The molecule has 0 saturated carbocycles. The molecule has 0 fully saturated rings. The number of hydrogen-bond donors (Lipinski definition) is 1. The van der Waals surface area contributed by atoms with Crippen LogP contribution in [0.1, 0.15) is 5.56 Å². The molecule has 0 bridgehead atoms. The van der Waals surface area contributed by atoms with E-state index in [1.165, 1.54) is 5.56 Å². The summed E-state index contributed by atoms with van der Waals surface area (Å²) in [4.78, 5) is 14.3. The highest BCUT2D eigenvalue weighted by atomic mass is 32.1. The predicted molar refractivity (Wildman–Crippen MR) is 99.3 cm³/mol. The minimum absolute atomic E-state index is 0.297. The van der Waals surface area contributed by atoms with Crippen molar-refractivity contribution in [2.45, 2.75) is 6.42 Å². The summed E-state index contributed by atoms with van der Waals surface area (Å²) in [5.74, 6) is 3.07. The Hall–Kier alpha value is -3.13. The van der Waals surface area contributed by atoms with Crippen LogP contribution in [-0.2, 0) is 6.42 Å². The van der Waals surface area contributed by atoms with E-state index in [0.717, 1.165) is 40.5 Å². The lowest BCUT2D eigenvalue weighted by Gasteiger charge is -2.09. The molecule has 0 saturated heterocycles. The van der Waals surface area contributed by atoms with Crippen molar-refractivity contribution in [2.24, 2.45) is 0 Å². The maximum atomic E-state index is 5.44. The average Bonchev–Trinajstić information content (AvgIpc) is 3.41. The molecular weight excluding hydrogens is 350 g/mol. The van der Waals surface area contributed by atoms with Crippen molar-refractivity contribution in [2.75, 3.05) is 18.7 Å². The van der Waals surface area contributed by atoms with E-state index in [1.54, 1.807) is 23.9 Å². The Bertz CT molecular complexity index is 1060. The molecule has 1 aliphatic rings. The Morgan fingerprint density at radius 2 is 2.12 bits per heavy atom. The Kier molecular flexibility index (Phi) is 3.67. The monoisotopic (exact) mass is 365 g/mol. The number of fused-ring (bicyclic) bond motifs is 2. The standard InChI is InChI=1S/C18H15N5O2S/c1-2-14-15(25-11-24-14)9-12(1)3-5-20-16-13-4-8-26-17(13)22-18(21-16)23-7-6-19-10-23/h1-2,4,6-10H,3,5,11H2,(H,20,21,22). The minimum atomic E-state index is 0.297. The third-order valence-corrected chi connectivity index (χ3v) is 5.00. The molecule has 130 valence electrons. The molecule has 0 spiro atoms. The van der Waals surface area contributed by atoms with Gasteiger partial charge in [0.25, 0.3) is 0 Å². The lowest BCUT2D eigenvalue weighted by Crippen LogP contribution is -2.09. The molecule has 4 aromatic rings. The SMILES string of the molecule is c1cn(-c2nc(NCCc3ccc4c(c3)OCO4)c3ccsc3n2)cn1. The number of anilines is 1. The Morgan fingerprint density at radius 3 is 3.04 bits per heavy atom. The molecule has 1 N–H and O–H groups in total. The summed E-state index contributed by atoms with van der Waals surface area (Å²) in [5.41, 5.74) is 1.19. The van der Waals surface area contributed by atoms with Crippen molar-refractivity contribution >= 4 is 27.4 Å². The molecule has 1 aliphatic heterocycles. The lowest BCUT2D eigenvalue weighted by molar-refractivity contribution is 0.174. The summed E-state index contributed by atoms with van der Waals surface area (Å²) in [6, 6.07) is 8.09. The van der Waals surface area contributed by atoms with Crippen LogP contribution >= 0.6 is 11.3 Å². The van der Waals surface area contributed by atoms with Crippen molar-refractivity contribution in [1.82, 2.24) is 19.5 Å². The average molecular weight is 365 g/mol. The number of nitrogens with zero attached hydrogens (tertiary/aromatic N) is 4. The van der Waals surface area contributed by atoms with Gasteiger partial charge in [0.1, 0.15) is 17.0 Å². The van der Waals surface area contributed by atoms with Gasteiger partial charge in [0.05, 0.1) is 5.39 Å². The van der Waals surface area contributed by atoms with Crippen LogP contribution in [0, 0.1) is 0 Å². The number of benzene rings is 1. The largest absolute Gasteiger partial charge is 0.454 e. The van der Waals surface area contributed by atoms with Gasteiger partial charge in [0.15, 0.2) is 11.5 Å². The second kappa shape index (κ2) is 6.30. The van der Waals surface area contributed by atoms with E-state index >= 15 is 0 Å². The van der Waals surface area contributed by atoms with Crippen molar-refractivity contribution in [3.8, 4) is 17.4 Å². The van der Waals surface area contributed by atoms with Crippen LogP contribution in [0.3, 0.4) is 0 Å². The molecule has 3 aromatic heterocycles. The number of nitrogens with one attached hydrogen (secondary N) is 1. The number of thiophene rings is 1. The first-order valence-corrected chi connectivity index (χ1v) is 9.11. The first-order valence-electron chi connectivity index (χ1n) is 8.23. The van der Waals surface area contributed by atoms with Gasteiger partial charge < -0.3 is 14.8 Å². The molecular formula is C18H15N5O2S. The summed E-state index contributed by atoms with van der Waals surface area (Å²) in [6.07, 6.45) is 6.11. The molecule has 4 heterocycles. The first kappa shape index (κ1) is 15.2. The zero-order valence-electron chi connectivity index (χ0n) is 13.8. The Morgan fingerprint density at radius 1 is 1.15 bits per heavy atom. The molecule has 26 heavy (non-hydrogen) atoms. The highest BCUT2D eigenvalue weighted by molar-refractivity contribution is 7.16. The predicted octanol–water partition coefficient (Wildman–Crippen LogP) is 3.26. The van der Waals surface area contributed by atoms with Crippen LogP contribution in [-0.4, -0.2) is 32.9 Å². The van der Waals surface area contributed by atoms with Crippen LogP contribution in [0.4, 0.5) is 5.82 Å². The van der Waals surface area contributed by atoms with Gasteiger partial charge in [-0.05, 0) is 35.6 Å². The van der Waals surface area contributed by atoms with Crippen LogP contribution in [0.5, 0.6) is 11.5 Å². The lowest BCUT2D eigenvalue weighted by atomic mass is 10.1. The molecule has 7 nitrogen and oxygen atoms in total. The maximum Gasteiger partial charge on any atom is 0.238 e. The fourth-order valence-electron chi connectivity index (χ4n) is 2.89. The van der Waals surface area contributed by atoms with Crippen molar-refractivity contribution in [3.63, 3.8) is 0 Å². The molecule has 0 amide bonds. The summed E-state index contributed by atoms with van der Waals surface area (Å²) in [6.45, 7) is 1.05. The Labute approximate surface area is 153 Å². The van der Waals surface area contributed by atoms with Crippen LogP contribution in [0.2, 0.25) is 0 Å².